The molecule has 156 valence electrons. The molecule has 3 heterocycles. The van der Waals surface area contributed by atoms with E-state index >= 15 is 0 Å². The average Bonchev–Trinajstić information content (AvgIpc) is 3.12. The van der Waals surface area contributed by atoms with Gasteiger partial charge in [0.05, 0.1) is 11.7 Å². The molecule has 1 aliphatic carbocycles. The molecule has 2 atom stereocenters. The number of carbonyl (C=O) groups excluding carboxylic acids is 1. The summed E-state index contributed by atoms with van der Waals surface area (Å²) >= 11 is 1.54. The predicted molar refractivity (Wildman–Crippen MR) is 121 cm³/mol. The minimum atomic E-state index is -0.121. The maximum Gasteiger partial charge on any atom is 0.263 e. The van der Waals surface area contributed by atoms with Crippen LogP contribution in [0.4, 0.5) is 0 Å². The van der Waals surface area contributed by atoms with Crippen LogP contribution in [0.1, 0.15) is 37.0 Å². The van der Waals surface area contributed by atoms with Gasteiger partial charge in [0.2, 0.25) is 5.91 Å². The van der Waals surface area contributed by atoms with Crippen LogP contribution in [0.15, 0.2) is 41.5 Å². The Bertz CT molecular complexity index is 1130. The second-order valence-corrected chi connectivity index (χ2v) is 9.89. The zero-order chi connectivity index (χ0) is 20.7. The van der Waals surface area contributed by atoms with Crippen LogP contribution in [0, 0.1) is 18.8 Å². The molecule has 30 heavy (non-hydrogen) atoms. The number of likely N-dealkylation sites (tertiary alicyclic amines) is 1. The summed E-state index contributed by atoms with van der Waals surface area (Å²) in [5.41, 5.74) is 1.84. The third-order valence-electron chi connectivity index (χ3n) is 6.87. The smallest absolute Gasteiger partial charge is 0.263 e. The van der Waals surface area contributed by atoms with Gasteiger partial charge in [-0.3, -0.25) is 14.2 Å². The predicted octanol–water partition coefficient (Wildman–Crippen LogP) is 4.47. The van der Waals surface area contributed by atoms with E-state index in [1.165, 1.54) is 41.6 Å². The molecule has 2 fully saturated rings. The van der Waals surface area contributed by atoms with Gasteiger partial charge in [0, 0.05) is 23.5 Å². The number of fused-ring (bicyclic) bond motifs is 2. The molecule has 5 nitrogen and oxygen atoms in total. The van der Waals surface area contributed by atoms with Crippen molar-refractivity contribution in [3.8, 4) is 11.1 Å². The number of thiophene rings is 1. The van der Waals surface area contributed by atoms with Gasteiger partial charge in [0.25, 0.3) is 5.56 Å². The van der Waals surface area contributed by atoms with Crippen molar-refractivity contribution in [1.29, 1.82) is 0 Å². The Morgan fingerprint density at radius 2 is 1.90 bits per heavy atom. The van der Waals surface area contributed by atoms with E-state index in [0.29, 0.717) is 11.3 Å². The van der Waals surface area contributed by atoms with E-state index in [1.54, 1.807) is 6.33 Å². The number of amides is 1. The maximum atomic E-state index is 13.3. The second kappa shape index (κ2) is 7.99. The number of aromatic nitrogens is 2. The van der Waals surface area contributed by atoms with Gasteiger partial charge in [-0.05, 0) is 37.2 Å². The monoisotopic (exact) mass is 421 g/mol. The van der Waals surface area contributed by atoms with E-state index in [2.05, 4.69) is 4.98 Å². The summed E-state index contributed by atoms with van der Waals surface area (Å²) < 4.78 is 1.50. The van der Waals surface area contributed by atoms with Gasteiger partial charge >= 0.3 is 0 Å². The molecular weight excluding hydrogens is 394 g/mol. The van der Waals surface area contributed by atoms with E-state index in [-0.39, 0.29) is 18.0 Å². The lowest BCUT2D eigenvalue weighted by atomic mass is 9.75. The van der Waals surface area contributed by atoms with Crippen molar-refractivity contribution in [2.75, 3.05) is 13.1 Å². The largest absolute Gasteiger partial charge is 0.341 e. The Morgan fingerprint density at radius 1 is 1.13 bits per heavy atom. The van der Waals surface area contributed by atoms with Gasteiger partial charge in [-0.25, -0.2) is 4.98 Å². The fraction of sp³-hybridized carbons (Fsp3) is 0.458. The first-order valence-electron chi connectivity index (χ1n) is 10.9. The van der Waals surface area contributed by atoms with E-state index in [4.69, 9.17) is 0 Å². The van der Waals surface area contributed by atoms with Crippen molar-refractivity contribution in [3.63, 3.8) is 0 Å². The van der Waals surface area contributed by atoms with E-state index in [0.717, 1.165) is 46.3 Å². The van der Waals surface area contributed by atoms with Gasteiger partial charge in [0.15, 0.2) is 0 Å². The first kappa shape index (κ1) is 19.5. The molecule has 6 heteroatoms. The molecule has 1 saturated carbocycles. The third kappa shape index (κ3) is 3.47. The van der Waals surface area contributed by atoms with E-state index < -0.39 is 0 Å². The highest BCUT2D eigenvalue weighted by Crippen LogP contribution is 2.37. The van der Waals surface area contributed by atoms with Crippen LogP contribution < -0.4 is 5.56 Å². The Labute approximate surface area is 180 Å². The molecule has 0 N–H and O–H groups in total. The summed E-state index contributed by atoms with van der Waals surface area (Å²) in [7, 11) is 0. The highest BCUT2D eigenvalue weighted by Gasteiger charge is 2.33. The van der Waals surface area contributed by atoms with Crippen LogP contribution in [-0.4, -0.2) is 33.4 Å². The van der Waals surface area contributed by atoms with Gasteiger partial charge in [0.1, 0.15) is 11.4 Å². The maximum absolute atomic E-state index is 13.3. The van der Waals surface area contributed by atoms with Gasteiger partial charge in [-0.15, -0.1) is 11.3 Å². The number of benzene rings is 1. The van der Waals surface area contributed by atoms with Crippen LogP contribution in [0.25, 0.3) is 21.3 Å². The first-order chi connectivity index (χ1) is 14.6. The Balaban J connectivity index is 1.43. The lowest BCUT2D eigenvalue weighted by molar-refractivity contribution is -0.135. The summed E-state index contributed by atoms with van der Waals surface area (Å²) in [6.45, 7) is 3.76. The number of aryl methyl sites for hydroxylation is 1. The molecule has 3 aromatic rings. The second-order valence-electron chi connectivity index (χ2n) is 8.69. The Kier molecular flexibility index (Phi) is 5.19. The summed E-state index contributed by atoms with van der Waals surface area (Å²) in [5, 5.41) is 0.630. The van der Waals surface area contributed by atoms with Crippen LogP contribution in [-0.2, 0) is 11.3 Å². The molecule has 0 radical (unpaired) electrons. The van der Waals surface area contributed by atoms with Crippen molar-refractivity contribution in [1.82, 2.24) is 14.5 Å². The van der Waals surface area contributed by atoms with Crippen molar-refractivity contribution in [2.45, 2.75) is 45.6 Å². The molecule has 1 saturated heterocycles. The lowest BCUT2D eigenvalue weighted by Gasteiger charge is -2.41. The van der Waals surface area contributed by atoms with Crippen LogP contribution in [0.2, 0.25) is 0 Å². The van der Waals surface area contributed by atoms with Crippen molar-refractivity contribution in [2.24, 2.45) is 11.8 Å². The van der Waals surface area contributed by atoms with Crippen LogP contribution >= 0.6 is 11.3 Å². The SMILES string of the molecule is Cc1sc2ncn(CC(=O)N3CC[C@@H]4CCCC[C@H]4C3)c(=O)c2c1-c1ccccc1. The topological polar surface area (TPSA) is 55.2 Å². The van der Waals surface area contributed by atoms with Crippen molar-refractivity contribution < 1.29 is 4.79 Å². The molecule has 1 amide bonds. The zero-order valence-corrected chi connectivity index (χ0v) is 18.2. The number of carbonyl (C=O) groups is 1. The molecular formula is C24H27N3O2S. The minimum absolute atomic E-state index is 0.0375. The number of piperidine rings is 1. The third-order valence-corrected chi connectivity index (χ3v) is 7.88. The van der Waals surface area contributed by atoms with Gasteiger partial charge < -0.3 is 4.90 Å². The van der Waals surface area contributed by atoms with E-state index in [9.17, 15) is 9.59 Å². The molecule has 2 aliphatic rings. The molecule has 0 spiro atoms. The number of rotatable bonds is 3. The molecule has 2 aromatic heterocycles. The molecule has 1 aliphatic heterocycles. The van der Waals surface area contributed by atoms with Gasteiger partial charge in [-0.1, -0.05) is 49.6 Å². The lowest BCUT2D eigenvalue weighted by Crippen LogP contribution is -2.46. The van der Waals surface area contributed by atoms with Crippen LogP contribution in [0.5, 0.6) is 0 Å². The molecule has 0 bridgehead atoms. The number of hydrogen-bond acceptors (Lipinski definition) is 4. The normalized spacial score (nSPS) is 21.6. The van der Waals surface area contributed by atoms with Crippen LogP contribution in [0.3, 0.4) is 0 Å². The van der Waals surface area contributed by atoms with Crippen molar-refractivity contribution >= 4 is 27.5 Å². The number of hydrogen-bond donors (Lipinski definition) is 0. The van der Waals surface area contributed by atoms with E-state index in [1.807, 2.05) is 42.2 Å². The zero-order valence-electron chi connectivity index (χ0n) is 17.3. The highest BCUT2D eigenvalue weighted by molar-refractivity contribution is 7.19. The molecule has 5 rings (SSSR count). The van der Waals surface area contributed by atoms with Gasteiger partial charge in [-0.2, -0.15) is 0 Å². The minimum Gasteiger partial charge on any atom is -0.341 e. The number of nitrogens with zero attached hydrogens (tertiary/aromatic N) is 3. The fourth-order valence-corrected chi connectivity index (χ4v) is 6.28. The van der Waals surface area contributed by atoms with Crippen molar-refractivity contribution in [3.05, 3.63) is 51.9 Å². The summed E-state index contributed by atoms with van der Waals surface area (Å²) in [6.07, 6.45) is 7.80. The summed E-state index contributed by atoms with van der Waals surface area (Å²) in [5.74, 6) is 1.46. The Hall–Kier alpha value is -2.47. The summed E-state index contributed by atoms with van der Waals surface area (Å²) in [4.78, 5) is 34.7. The average molecular weight is 422 g/mol. The molecule has 0 unspecified atom stereocenters. The highest BCUT2D eigenvalue weighted by atomic mass is 32.1. The standard InChI is InChI=1S/C24H27N3O2S/c1-16-21(18-8-3-2-4-9-18)22-23(30-16)25-15-27(24(22)29)14-20(28)26-12-11-17-7-5-6-10-19(17)13-26/h2-4,8-9,15,17,19H,5-7,10-14H2,1H3/t17-,19-/m0/s1. The fourth-order valence-electron chi connectivity index (χ4n) is 5.28. The Morgan fingerprint density at radius 3 is 2.70 bits per heavy atom. The molecule has 1 aromatic carbocycles. The first-order valence-corrected chi connectivity index (χ1v) is 11.7. The summed E-state index contributed by atoms with van der Waals surface area (Å²) in [6, 6.07) is 9.96. The quantitative estimate of drug-likeness (QED) is 0.627.